The van der Waals surface area contributed by atoms with Crippen LogP contribution in [0.5, 0.6) is 5.75 Å². The van der Waals surface area contributed by atoms with E-state index in [0.29, 0.717) is 5.75 Å². The maximum absolute atomic E-state index is 12.2. The van der Waals surface area contributed by atoms with Crippen LogP contribution in [0.25, 0.3) is 10.8 Å². The van der Waals surface area contributed by atoms with Gasteiger partial charge in [0, 0.05) is 6.04 Å². The number of benzene rings is 3. The Morgan fingerprint density at radius 2 is 1.62 bits per heavy atom. The van der Waals surface area contributed by atoms with Gasteiger partial charge in [0.05, 0.1) is 5.41 Å². The molecule has 0 amide bonds. The van der Waals surface area contributed by atoms with E-state index in [-0.39, 0.29) is 24.4 Å². The molecular formula is C25H30ClNO2. The van der Waals surface area contributed by atoms with E-state index in [2.05, 4.69) is 67.5 Å². The molecule has 1 atom stereocenters. The number of hydrogen-bond donors (Lipinski definition) is 0. The average molecular weight is 412 g/mol. The summed E-state index contributed by atoms with van der Waals surface area (Å²) in [5, 5.41) is 2.51. The molecule has 3 aromatic carbocycles. The maximum atomic E-state index is 12.2. The molecule has 0 aliphatic rings. The number of fused-ring (bicyclic) bond motifs is 1. The third-order valence-electron chi connectivity index (χ3n) is 4.93. The topological polar surface area (TPSA) is 29.5 Å². The van der Waals surface area contributed by atoms with Crippen molar-refractivity contribution in [2.75, 3.05) is 14.1 Å². The molecule has 3 nitrogen and oxygen atoms in total. The van der Waals surface area contributed by atoms with Gasteiger partial charge >= 0.3 is 5.97 Å². The van der Waals surface area contributed by atoms with Gasteiger partial charge in [0.15, 0.2) is 0 Å². The SMILES string of the molecule is CN(C)C(Cc1ccc2ccccc2c1)c1cccc(OC(=O)C(C)(C)C)c1.Cl. The summed E-state index contributed by atoms with van der Waals surface area (Å²) in [7, 11) is 4.17. The Morgan fingerprint density at radius 3 is 2.28 bits per heavy atom. The third kappa shape index (κ3) is 5.81. The molecule has 0 N–H and O–H groups in total. The van der Waals surface area contributed by atoms with Gasteiger partial charge in [-0.2, -0.15) is 0 Å². The van der Waals surface area contributed by atoms with E-state index in [1.54, 1.807) is 0 Å². The van der Waals surface area contributed by atoms with Crippen LogP contribution in [0.1, 0.15) is 37.9 Å². The molecule has 0 aromatic heterocycles. The van der Waals surface area contributed by atoms with Crippen LogP contribution in [0.3, 0.4) is 0 Å². The molecule has 0 radical (unpaired) electrons. The van der Waals surface area contributed by atoms with Crippen LogP contribution in [0, 0.1) is 5.41 Å². The fraction of sp³-hybridized carbons (Fsp3) is 0.320. The first-order valence-corrected chi connectivity index (χ1v) is 9.70. The summed E-state index contributed by atoms with van der Waals surface area (Å²) in [5.74, 6) is 0.378. The number of rotatable bonds is 5. The third-order valence-corrected chi connectivity index (χ3v) is 4.93. The zero-order chi connectivity index (χ0) is 20.3. The van der Waals surface area contributed by atoms with Gasteiger partial charge in [-0.25, -0.2) is 0 Å². The lowest BCUT2D eigenvalue weighted by molar-refractivity contribution is -0.143. The number of nitrogens with zero attached hydrogens (tertiary/aromatic N) is 1. The Kier molecular flexibility index (Phi) is 7.45. The first kappa shape index (κ1) is 22.9. The molecule has 0 heterocycles. The molecule has 0 saturated carbocycles. The van der Waals surface area contributed by atoms with Gasteiger partial charge in [-0.05, 0) is 75.3 Å². The van der Waals surface area contributed by atoms with Gasteiger partial charge in [0.25, 0.3) is 0 Å². The molecule has 0 spiro atoms. The van der Waals surface area contributed by atoms with Crippen LogP contribution in [0.15, 0.2) is 66.7 Å². The Bertz CT molecular complexity index is 976. The number of hydrogen-bond acceptors (Lipinski definition) is 3. The number of esters is 1. The Labute approximate surface area is 180 Å². The molecule has 0 aliphatic heterocycles. The highest BCUT2D eigenvalue weighted by Crippen LogP contribution is 2.28. The molecule has 0 fully saturated rings. The molecule has 0 bridgehead atoms. The molecule has 0 saturated heterocycles. The fourth-order valence-electron chi connectivity index (χ4n) is 3.23. The second-order valence-corrected chi connectivity index (χ2v) is 8.58. The van der Waals surface area contributed by atoms with Crippen molar-refractivity contribution >= 4 is 29.1 Å². The number of ether oxygens (including phenoxy) is 1. The minimum Gasteiger partial charge on any atom is -0.426 e. The van der Waals surface area contributed by atoms with Gasteiger partial charge in [0.2, 0.25) is 0 Å². The van der Waals surface area contributed by atoms with Crippen LogP contribution >= 0.6 is 12.4 Å². The second-order valence-electron chi connectivity index (χ2n) is 8.58. The van der Waals surface area contributed by atoms with Crippen molar-refractivity contribution < 1.29 is 9.53 Å². The lowest BCUT2D eigenvalue weighted by Crippen LogP contribution is -2.26. The summed E-state index contributed by atoms with van der Waals surface area (Å²) >= 11 is 0. The minimum absolute atomic E-state index is 0. The predicted octanol–water partition coefficient (Wildman–Crippen LogP) is 6.06. The maximum Gasteiger partial charge on any atom is 0.316 e. The molecule has 154 valence electrons. The fourth-order valence-corrected chi connectivity index (χ4v) is 3.23. The molecule has 3 aromatic rings. The normalized spacial score (nSPS) is 12.5. The van der Waals surface area contributed by atoms with E-state index in [4.69, 9.17) is 4.74 Å². The smallest absolute Gasteiger partial charge is 0.316 e. The standard InChI is InChI=1S/C25H29NO2.ClH/c1-25(2,3)24(27)28-22-12-8-11-21(17-22)23(26(4)5)16-18-13-14-19-9-6-7-10-20(19)15-18;/h6-15,17,23H,16H2,1-5H3;1H. The van der Waals surface area contributed by atoms with E-state index in [0.717, 1.165) is 12.0 Å². The van der Waals surface area contributed by atoms with Crippen LogP contribution in [-0.4, -0.2) is 25.0 Å². The molecule has 29 heavy (non-hydrogen) atoms. The molecule has 1 unspecified atom stereocenters. The van der Waals surface area contributed by atoms with Crippen molar-refractivity contribution in [2.45, 2.75) is 33.2 Å². The summed E-state index contributed by atoms with van der Waals surface area (Å²) in [4.78, 5) is 14.4. The summed E-state index contributed by atoms with van der Waals surface area (Å²) < 4.78 is 5.60. The van der Waals surface area contributed by atoms with Crippen molar-refractivity contribution in [3.05, 3.63) is 77.9 Å². The van der Waals surface area contributed by atoms with Crippen molar-refractivity contribution in [3.8, 4) is 5.75 Å². The Hall–Kier alpha value is -2.36. The zero-order valence-corrected chi connectivity index (χ0v) is 18.6. The number of halogens is 1. The van der Waals surface area contributed by atoms with Crippen molar-refractivity contribution in [1.82, 2.24) is 4.90 Å². The lowest BCUT2D eigenvalue weighted by atomic mass is 9.96. The number of carbonyl (C=O) groups is 1. The van der Waals surface area contributed by atoms with E-state index in [9.17, 15) is 4.79 Å². The highest BCUT2D eigenvalue weighted by Gasteiger charge is 2.24. The summed E-state index contributed by atoms with van der Waals surface area (Å²) in [6.45, 7) is 5.59. The highest BCUT2D eigenvalue weighted by atomic mass is 35.5. The van der Waals surface area contributed by atoms with Crippen molar-refractivity contribution in [3.63, 3.8) is 0 Å². The highest BCUT2D eigenvalue weighted by molar-refractivity contribution is 5.85. The zero-order valence-electron chi connectivity index (χ0n) is 17.8. The van der Waals surface area contributed by atoms with Crippen LogP contribution in [0.4, 0.5) is 0 Å². The van der Waals surface area contributed by atoms with Gasteiger partial charge in [-0.15, -0.1) is 12.4 Å². The molecular weight excluding hydrogens is 382 g/mol. The van der Waals surface area contributed by atoms with E-state index in [1.807, 2.05) is 39.0 Å². The van der Waals surface area contributed by atoms with E-state index in [1.165, 1.54) is 16.3 Å². The monoisotopic (exact) mass is 411 g/mol. The molecule has 4 heteroatoms. The van der Waals surface area contributed by atoms with Crippen molar-refractivity contribution in [2.24, 2.45) is 5.41 Å². The molecule has 0 aliphatic carbocycles. The average Bonchev–Trinajstić information content (AvgIpc) is 2.65. The van der Waals surface area contributed by atoms with Crippen LogP contribution in [-0.2, 0) is 11.2 Å². The Balaban J connectivity index is 0.00000300. The quantitative estimate of drug-likeness (QED) is 0.377. The number of likely N-dealkylation sites (N-methyl/N-ethyl adjacent to an activating group) is 1. The second kappa shape index (κ2) is 9.43. The summed E-state index contributed by atoms with van der Waals surface area (Å²) in [5.41, 5.74) is 1.90. The Morgan fingerprint density at radius 1 is 0.931 bits per heavy atom. The van der Waals surface area contributed by atoms with Crippen LogP contribution in [0.2, 0.25) is 0 Å². The minimum atomic E-state index is -0.526. The molecule has 3 rings (SSSR count). The largest absolute Gasteiger partial charge is 0.426 e. The number of carbonyl (C=O) groups excluding carboxylic acids is 1. The lowest BCUT2D eigenvalue weighted by Gasteiger charge is -2.26. The van der Waals surface area contributed by atoms with Gasteiger partial charge < -0.3 is 9.64 Å². The van der Waals surface area contributed by atoms with E-state index < -0.39 is 5.41 Å². The summed E-state index contributed by atoms with van der Waals surface area (Å²) in [6, 6.07) is 23.1. The first-order chi connectivity index (χ1) is 13.2. The van der Waals surface area contributed by atoms with Gasteiger partial charge in [-0.3, -0.25) is 4.79 Å². The van der Waals surface area contributed by atoms with Crippen molar-refractivity contribution in [1.29, 1.82) is 0 Å². The summed E-state index contributed by atoms with van der Waals surface area (Å²) in [6.07, 6.45) is 0.883. The van der Waals surface area contributed by atoms with Gasteiger partial charge in [0.1, 0.15) is 5.75 Å². The predicted molar refractivity (Wildman–Crippen MR) is 123 cm³/mol. The van der Waals surface area contributed by atoms with Gasteiger partial charge in [-0.1, -0.05) is 54.6 Å². The van der Waals surface area contributed by atoms with Crippen LogP contribution < -0.4 is 4.74 Å². The van der Waals surface area contributed by atoms with E-state index >= 15 is 0 Å². The first-order valence-electron chi connectivity index (χ1n) is 9.70.